The molecule has 0 saturated heterocycles. The van der Waals surface area contributed by atoms with Crippen molar-refractivity contribution in [2.45, 2.75) is 6.42 Å². The van der Waals surface area contributed by atoms with E-state index < -0.39 is 0 Å². The highest BCUT2D eigenvalue weighted by atomic mass is 16.3. The van der Waals surface area contributed by atoms with Gasteiger partial charge in [0.15, 0.2) is 0 Å². The molecule has 0 radical (unpaired) electrons. The maximum Gasteiger partial charge on any atom is 0.244 e. The van der Waals surface area contributed by atoms with E-state index in [9.17, 15) is 4.79 Å². The van der Waals surface area contributed by atoms with Gasteiger partial charge in [0.05, 0.1) is 18.8 Å². The Labute approximate surface area is 98.9 Å². The predicted molar refractivity (Wildman–Crippen MR) is 63.2 cm³/mol. The summed E-state index contributed by atoms with van der Waals surface area (Å²) in [5, 5.41) is 2.77. The van der Waals surface area contributed by atoms with Crippen LogP contribution in [0.2, 0.25) is 0 Å². The summed E-state index contributed by atoms with van der Waals surface area (Å²) in [7, 11) is 0. The summed E-state index contributed by atoms with van der Waals surface area (Å²) in [6.45, 7) is 0.584. The van der Waals surface area contributed by atoms with Gasteiger partial charge in [0, 0.05) is 12.6 Å². The summed E-state index contributed by atoms with van der Waals surface area (Å²) in [4.78, 5) is 11.4. The van der Waals surface area contributed by atoms with E-state index in [2.05, 4.69) is 5.32 Å². The highest BCUT2D eigenvalue weighted by Gasteiger charge is 1.97. The fraction of sp³-hybridized carbons (Fsp3) is 0.154. The number of amides is 1. The molecular formula is C13H13NO3. The molecule has 2 aromatic rings. The van der Waals surface area contributed by atoms with Gasteiger partial charge >= 0.3 is 0 Å². The van der Waals surface area contributed by atoms with Crippen LogP contribution in [0.3, 0.4) is 0 Å². The zero-order valence-electron chi connectivity index (χ0n) is 9.26. The molecule has 0 aliphatic carbocycles. The molecule has 0 spiro atoms. The van der Waals surface area contributed by atoms with Crippen molar-refractivity contribution < 1.29 is 13.6 Å². The minimum atomic E-state index is -0.134. The molecule has 0 bridgehead atoms. The summed E-state index contributed by atoms with van der Waals surface area (Å²) in [6.07, 6.45) is 8.70. The van der Waals surface area contributed by atoms with Crippen LogP contribution < -0.4 is 5.32 Å². The Bertz CT molecular complexity index is 469. The second-order valence-corrected chi connectivity index (χ2v) is 3.52. The molecule has 0 aliphatic rings. The van der Waals surface area contributed by atoms with Crippen molar-refractivity contribution in [3.63, 3.8) is 0 Å². The van der Waals surface area contributed by atoms with Crippen LogP contribution in [-0.2, 0) is 11.2 Å². The monoisotopic (exact) mass is 231 g/mol. The minimum absolute atomic E-state index is 0.134. The first-order valence-corrected chi connectivity index (χ1v) is 5.35. The fourth-order valence-corrected chi connectivity index (χ4v) is 1.37. The van der Waals surface area contributed by atoms with Crippen LogP contribution in [0.15, 0.2) is 51.9 Å². The topological polar surface area (TPSA) is 55.4 Å². The lowest BCUT2D eigenvalue weighted by Gasteiger charge is -1.99. The summed E-state index contributed by atoms with van der Waals surface area (Å²) in [5.41, 5.74) is 1.07. The van der Waals surface area contributed by atoms with Gasteiger partial charge in [-0.2, -0.15) is 0 Å². The van der Waals surface area contributed by atoms with Crippen LogP contribution in [0.5, 0.6) is 0 Å². The molecule has 2 aromatic heterocycles. The Morgan fingerprint density at radius 2 is 2.29 bits per heavy atom. The molecule has 88 valence electrons. The number of furan rings is 2. The van der Waals surface area contributed by atoms with Crippen molar-refractivity contribution in [2.75, 3.05) is 6.54 Å². The smallest absolute Gasteiger partial charge is 0.244 e. The minimum Gasteiger partial charge on any atom is -0.472 e. The Hall–Kier alpha value is -2.23. The van der Waals surface area contributed by atoms with Gasteiger partial charge in [-0.25, -0.2) is 0 Å². The lowest BCUT2D eigenvalue weighted by Crippen LogP contribution is -2.23. The Kier molecular flexibility index (Phi) is 3.81. The number of rotatable bonds is 5. The third-order valence-corrected chi connectivity index (χ3v) is 2.24. The molecule has 0 unspecified atom stereocenters. The second kappa shape index (κ2) is 5.75. The van der Waals surface area contributed by atoms with Gasteiger partial charge in [-0.15, -0.1) is 0 Å². The van der Waals surface area contributed by atoms with E-state index in [1.54, 1.807) is 37.0 Å². The maximum absolute atomic E-state index is 11.4. The lowest BCUT2D eigenvalue weighted by atomic mass is 10.2. The van der Waals surface area contributed by atoms with Crippen LogP contribution in [0, 0.1) is 0 Å². The van der Waals surface area contributed by atoms with Crippen molar-refractivity contribution in [1.82, 2.24) is 5.32 Å². The van der Waals surface area contributed by atoms with Crippen molar-refractivity contribution in [1.29, 1.82) is 0 Å². The highest BCUT2D eigenvalue weighted by molar-refractivity contribution is 5.91. The lowest BCUT2D eigenvalue weighted by molar-refractivity contribution is -0.116. The quantitative estimate of drug-likeness (QED) is 0.803. The zero-order chi connectivity index (χ0) is 11.9. The van der Waals surface area contributed by atoms with Crippen molar-refractivity contribution in [3.05, 3.63) is 54.4 Å². The fourth-order valence-electron chi connectivity index (χ4n) is 1.37. The second-order valence-electron chi connectivity index (χ2n) is 3.52. The van der Waals surface area contributed by atoms with E-state index in [1.807, 2.05) is 6.07 Å². The van der Waals surface area contributed by atoms with E-state index in [0.29, 0.717) is 12.3 Å². The standard InChI is InChI=1S/C13H13NO3/c15-13(4-3-12-2-1-8-17-12)14-7-5-11-6-9-16-10-11/h1-4,6,8-10H,5,7H2,(H,14,15)/b4-3+. The van der Waals surface area contributed by atoms with E-state index >= 15 is 0 Å². The molecule has 4 heteroatoms. The van der Waals surface area contributed by atoms with Gasteiger partial charge in [0.1, 0.15) is 5.76 Å². The van der Waals surface area contributed by atoms with Crippen LogP contribution in [0.1, 0.15) is 11.3 Å². The molecule has 0 saturated carbocycles. The van der Waals surface area contributed by atoms with E-state index in [1.165, 1.54) is 6.08 Å². The van der Waals surface area contributed by atoms with Gasteiger partial charge < -0.3 is 14.2 Å². The molecule has 0 fully saturated rings. The number of hydrogen-bond donors (Lipinski definition) is 1. The van der Waals surface area contributed by atoms with Crippen LogP contribution in [0.25, 0.3) is 6.08 Å². The number of hydrogen-bond acceptors (Lipinski definition) is 3. The molecule has 2 heterocycles. The number of nitrogens with one attached hydrogen (secondary N) is 1. The average Bonchev–Trinajstić information content (AvgIpc) is 2.99. The summed E-state index contributed by atoms with van der Waals surface area (Å²) in [6, 6.07) is 5.44. The van der Waals surface area contributed by atoms with Gasteiger partial charge in [-0.1, -0.05) is 0 Å². The molecular weight excluding hydrogens is 218 g/mol. The first kappa shape index (κ1) is 11.3. The first-order valence-electron chi connectivity index (χ1n) is 5.35. The summed E-state index contributed by atoms with van der Waals surface area (Å²) >= 11 is 0. The van der Waals surface area contributed by atoms with Crippen molar-refractivity contribution in [3.8, 4) is 0 Å². The summed E-state index contributed by atoms with van der Waals surface area (Å²) < 4.78 is 10.00. The Morgan fingerprint density at radius 1 is 1.35 bits per heavy atom. The molecule has 0 aromatic carbocycles. The van der Waals surface area contributed by atoms with Crippen molar-refractivity contribution >= 4 is 12.0 Å². The normalized spacial score (nSPS) is 10.8. The molecule has 0 atom stereocenters. The molecule has 2 rings (SSSR count). The van der Waals surface area contributed by atoms with Crippen LogP contribution >= 0.6 is 0 Å². The average molecular weight is 231 g/mol. The van der Waals surface area contributed by atoms with E-state index in [-0.39, 0.29) is 5.91 Å². The number of carbonyl (C=O) groups is 1. The van der Waals surface area contributed by atoms with Gasteiger partial charge in [0.2, 0.25) is 5.91 Å². The summed E-state index contributed by atoms with van der Waals surface area (Å²) in [5.74, 6) is 0.528. The Morgan fingerprint density at radius 3 is 3.00 bits per heavy atom. The molecule has 0 aliphatic heterocycles. The van der Waals surface area contributed by atoms with Crippen LogP contribution in [0.4, 0.5) is 0 Å². The van der Waals surface area contributed by atoms with Gasteiger partial charge in [-0.05, 0) is 36.3 Å². The molecule has 4 nitrogen and oxygen atoms in total. The van der Waals surface area contributed by atoms with Crippen LogP contribution in [-0.4, -0.2) is 12.5 Å². The Balaban J connectivity index is 1.71. The van der Waals surface area contributed by atoms with E-state index in [0.717, 1.165) is 12.0 Å². The molecule has 1 N–H and O–H groups in total. The van der Waals surface area contributed by atoms with Gasteiger partial charge in [-0.3, -0.25) is 4.79 Å². The first-order chi connectivity index (χ1) is 8.34. The largest absolute Gasteiger partial charge is 0.472 e. The SMILES string of the molecule is O=C(/C=C/c1ccco1)NCCc1ccoc1. The number of carbonyl (C=O) groups excluding carboxylic acids is 1. The highest BCUT2D eigenvalue weighted by Crippen LogP contribution is 2.02. The van der Waals surface area contributed by atoms with Crippen molar-refractivity contribution in [2.24, 2.45) is 0 Å². The zero-order valence-corrected chi connectivity index (χ0v) is 9.26. The maximum atomic E-state index is 11.4. The third kappa shape index (κ3) is 3.68. The third-order valence-electron chi connectivity index (χ3n) is 2.24. The molecule has 17 heavy (non-hydrogen) atoms. The molecule has 1 amide bonds. The van der Waals surface area contributed by atoms with E-state index in [4.69, 9.17) is 8.83 Å². The van der Waals surface area contributed by atoms with Gasteiger partial charge in [0.25, 0.3) is 0 Å². The predicted octanol–water partition coefficient (Wildman–Crippen LogP) is 2.24.